The zero-order valence-corrected chi connectivity index (χ0v) is 7.63. The molecule has 3 fully saturated rings. The lowest BCUT2D eigenvalue weighted by Crippen LogP contribution is -2.40. The molecule has 3 rings (SSSR count). The van der Waals surface area contributed by atoms with Gasteiger partial charge in [-0.2, -0.15) is 0 Å². The van der Waals surface area contributed by atoms with Crippen molar-refractivity contribution in [2.75, 3.05) is 19.6 Å². The molecular weight excluding hydrogens is 148 g/mol. The van der Waals surface area contributed by atoms with E-state index < -0.39 is 0 Å². The van der Waals surface area contributed by atoms with Crippen molar-refractivity contribution in [3.8, 4) is 0 Å². The van der Waals surface area contributed by atoms with E-state index in [0.29, 0.717) is 0 Å². The first-order valence-corrected chi connectivity index (χ1v) is 5.41. The first kappa shape index (κ1) is 7.34. The summed E-state index contributed by atoms with van der Waals surface area (Å²) in [7, 11) is 0. The Morgan fingerprint density at radius 1 is 1.08 bits per heavy atom. The minimum absolute atomic E-state index is 0.852. The summed E-state index contributed by atoms with van der Waals surface area (Å²) in [6, 6.07) is 1.82. The molecule has 0 aromatic heterocycles. The Hall–Kier alpha value is -0.0800. The second kappa shape index (κ2) is 2.71. The molecule has 12 heavy (non-hydrogen) atoms. The average molecular weight is 166 g/mol. The third kappa shape index (κ3) is 1.01. The summed E-state index contributed by atoms with van der Waals surface area (Å²) in [6.07, 6.45) is 5.84. The van der Waals surface area contributed by atoms with Gasteiger partial charge in [-0.3, -0.25) is 4.90 Å². The Bertz CT molecular complexity index is 165. The standard InChI is InChI=1S/C10H18N2/c1-2-9(3-1)12-6-8-4-5-11-10(8)7-12/h8-11H,1-7H2/t8-,10+/m1/s1. The van der Waals surface area contributed by atoms with Crippen LogP contribution in [0.1, 0.15) is 25.7 Å². The molecule has 1 aliphatic carbocycles. The third-order valence-electron chi connectivity index (χ3n) is 3.98. The lowest BCUT2D eigenvalue weighted by Gasteiger charge is -2.35. The molecule has 0 spiro atoms. The van der Waals surface area contributed by atoms with Gasteiger partial charge < -0.3 is 5.32 Å². The van der Waals surface area contributed by atoms with Crippen LogP contribution < -0.4 is 5.32 Å². The van der Waals surface area contributed by atoms with Crippen molar-refractivity contribution >= 4 is 0 Å². The normalized spacial score (nSPS) is 43.0. The predicted octanol–water partition coefficient (Wildman–Crippen LogP) is 0.833. The van der Waals surface area contributed by atoms with Crippen LogP contribution in [-0.4, -0.2) is 36.6 Å². The van der Waals surface area contributed by atoms with Crippen molar-refractivity contribution in [2.24, 2.45) is 5.92 Å². The van der Waals surface area contributed by atoms with Crippen molar-refractivity contribution in [3.63, 3.8) is 0 Å². The van der Waals surface area contributed by atoms with Crippen LogP contribution >= 0.6 is 0 Å². The van der Waals surface area contributed by atoms with Gasteiger partial charge >= 0.3 is 0 Å². The fourth-order valence-corrected chi connectivity index (χ4v) is 2.93. The molecule has 0 aromatic carbocycles. The molecule has 1 N–H and O–H groups in total. The Morgan fingerprint density at radius 2 is 2.00 bits per heavy atom. The van der Waals surface area contributed by atoms with Crippen LogP contribution in [0.2, 0.25) is 0 Å². The predicted molar refractivity (Wildman–Crippen MR) is 49.1 cm³/mol. The monoisotopic (exact) mass is 166 g/mol. The molecule has 2 saturated heterocycles. The fourth-order valence-electron chi connectivity index (χ4n) is 2.93. The minimum atomic E-state index is 0.852. The van der Waals surface area contributed by atoms with Gasteiger partial charge in [-0.1, -0.05) is 6.42 Å². The van der Waals surface area contributed by atoms with Crippen LogP contribution in [0, 0.1) is 5.92 Å². The first-order valence-electron chi connectivity index (χ1n) is 5.41. The van der Waals surface area contributed by atoms with Gasteiger partial charge in [0.15, 0.2) is 0 Å². The first-order chi connectivity index (χ1) is 5.93. The molecular formula is C10H18N2. The number of likely N-dealkylation sites (tertiary alicyclic amines) is 1. The van der Waals surface area contributed by atoms with Crippen molar-refractivity contribution in [3.05, 3.63) is 0 Å². The zero-order valence-electron chi connectivity index (χ0n) is 7.63. The molecule has 2 heteroatoms. The molecule has 0 bridgehead atoms. The molecule has 2 aliphatic heterocycles. The number of rotatable bonds is 1. The van der Waals surface area contributed by atoms with Crippen molar-refractivity contribution < 1.29 is 0 Å². The summed E-state index contributed by atoms with van der Waals surface area (Å²) in [5.74, 6) is 0.991. The molecule has 2 heterocycles. The number of hydrogen-bond acceptors (Lipinski definition) is 2. The lowest BCUT2D eigenvalue weighted by molar-refractivity contribution is 0.149. The highest BCUT2D eigenvalue weighted by atomic mass is 15.2. The van der Waals surface area contributed by atoms with Gasteiger partial charge in [0, 0.05) is 25.2 Å². The van der Waals surface area contributed by atoms with Crippen LogP contribution in [0.3, 0.4) is 0 Å². The molecule has 0 amide bonds. The summed E-state index contributed by atoms with van der Waals surface area (Å²) in [5, 5.41) is 3.61. The Morgan fingerprint density at radius 3 is 2.67 bits per heavy atom. The molecule has 0 unspecified atom stereocenters. The van der Waals surface area contributed by atoms with Gasteiger partial charge in [-0.15, -0.1) is 0 Å². The topological polar surface area (TPSA) is 15.3 Å². The van der Waals surface area contributed by atoms with E-state index in [9.17, 15) is 0 Å². The van der Waals surface area contributed by atoms with Crippen molar-refractivity contribution in [1.82, 2.24) is 10.2 Å². The van der Waals surface area contributed by atoms with Gasteiger partial charge in [0.1, 0.15) is 0 Å². The maximum absolute atomic E-state index is 3.61. The molecule has 1 saturated carbocycles. The molecule has 0 aromatic rings. The van der Waals surface area contributed by atoms with Crippen LogP contribution in [0.15, 0.2) is 0 Å². The van der Waals surface area contributed by atoms with E-state index in [-0.39, 0.29) is 0 Å². The van der Waals surface area contributed by atoms with E-state index >= 15 is 0 Å². The maximum Gasteiger partial charge on any atom is 0.0236 e. The Kier molecular flexibility index (Phi) is 1.66. The molecule has 68 valence electrons. The maximum atomic E-state index is 3.61. The quantitative estimate of drug-likeness (QED) is 0.621. The van der Waals surface area contributed by atoms with E-state index in [1.165, 1.54) is 45.3 Å². The second-order valence-electron chi connectivity index (χ2n) is 4.65. The van der Waals surface area contributed by atoms with Gasteiger partial charge in [-0.25, -0.2) is 0 Å². The minimum Gasteiger partial charge on any atom is -0.312 e. The zero-order chi connectivity index (χ0) is 7.97. The third-order valence-corrected chi connectivity index (χ3v) is 3.98. The second-order valence-corrected chi connectivity index (χ2v) is 4.65. The van der Waals surface area contributed by atoms with Crippen molar-refractivity contribution in [2.45, 2.75) is 37.8 Å². The number of fused-ring (bicyclic) bond motifs is 1. The van der Waals surface area contributed by atoms with Crippen LogP contribution in [-0.2, 0) is 0 Å². The highest BCUT2D eigenvalue weighted by Gasteiger charge is 2.39. The summed E-state index contributed by atoms with van der Waals surface area (Å²) in [5.41, 5.74) is 0. The van der Waals surface area contributed by atoms with Gasteiger partial charge in [0.05, 0.1) is 0 Å². The van der Waals surface area contributed by atoms with Crippen LogP contribution in [0.25, 0.3) is 0 Å². The number of nitrogens with one attached hydrogen (secondary N) is 1. The average Bonchev–Trinajstić information content (AvgIpc) is 2.40. The van der Waals surface area contributed by atoms with Crippen LogP contribution in [0.4, 0.5) is 0 Å². The SMILES string of the molecule is C1CC(N2C[C@H]3CCN[C@H]3C2)C1. The van der Waals surface area contributed by atoms with E-state index in [1.807, 2.05) is 0 Å². The lowest BCUT2D eigenvalue weighted by atomic mass is 9.92. The fraction of sp³-hybridized carbons (Fsp3) is 1.00. The molecule has 0 radical (unpaired) electrons. The number of hydrogen-bond donors (Lipinski definition) is 1. The molecule has 2 atom stereocenters. The molecule has 2 nitrogen and oxygen atoms in total. The van der Waals surface area contributed by atoms with Gasteiger partial charge in [-0.05, 0) is 31.7 Å². The summed E-state index contributed by atoms with van der Waals surface area (Å²) in [6.45, 7) is 4.01. The van der Waals surface area contributed by atoms with E-state index in [1.54, 1.807) is 0 Å². The highest BCUT2D eigenvalue weighted by Crippen LogP contribution is 2.32. The smallest absolute Gasteiger partial charge is 0.0236 e. The summed E-state index contributed by atoms with van der Waals surface area (Å²) in [4.78, 5) is 2.73. The van der Waals surface area contributed by atoms with Gasteiger partial charge in [0.2, 0.25) is 0 Å². The van der Waals surface area contributed by atoms with E-state index in [0.717, 1.165) is 18.0 Å². The highest BCUT2D eigenvalue weighted by molar-refractivity contribution is 4.97. The molecule has 3 aliphatic rings. The largest absolute Gasteiger partial charge is 0.312 e. The Labute approximate surface area is 74.3 Å². The van der Waals surface area contributed by atoms with Crippen molar-refractivity contribution in [1.29, 1.82) is 0 Å². The summed E-state index contributed by atoms with van der Waals surface area (Å²) < 4.78 is 0. The summed E-state index contributed by atoms with van der Waals surface area (Å²) >= 11 is 0. The van der Waals surface area contributed by atoms with E-state index in [4.69, 9.17) is 0 Å². The number of nitrogens with zero attached hydrogens (tertiary/aromatic N) is 1. The van der Waals surface area contributed by atoms with E-state index in [2.05, 4.69) is 10.2 Å². The van der Waals surface area contributed by atoms with Gasteiger partial charge in [0.25, 0.3) is 0 Å². The van der Waals surface area contributed by atoms with Crippen LogP contribution in [0.5, 0.6) is 0 Å². The Balaban J connectivity index is 1.63.